The first kappa shape index (κ1) is 16.5. The maximum Gasteiger partial charge on any atom is 0.305 e. The van der Waals surface area contributed by atoms with Crippen molar-refractivity contribution in [2.45, 2.75) is 13.3 Å². The molecule has 0 fully saturated rings. The third-order valence-electron chi connectivity index (χ3n) is 3.42. The maximum atomic E-state index is 12.3. The van der Waals surface area contributed by atoms with Crippen molar-refractivity contribution in [3.63, 3.8) is 0 Å². The van der Waals surface area contributed by atoms with Gasteiger partial charge in [0.05, 0.1) is 24.9 Å². The molecule has 0 saturated carbocycles. The molecule has 1 heterocycles. The zero-order chi connectivity index (χ0) is 17.0. The Balaban J connectivity index is 2.20. The molecule has 0 saturated heterocycles. The van der Waals surface area contributed by atoms with E-state index in [1.807, 2.05) is 12.1 Å². The molecule has 2 aromatic rings. The number of carbonyl (C=O) groups is 2. The van der Waals surface area contributed by atoms with Crippen LogP contribution in [0.2, 0.25) is 0 Å². The second-order valence-electron chi connectivity index (χ2n) is 5.00. The van der Waals surface area contributed by atoms with Crippen LogP contribution in [0.3, 0.4) is 0 Å². The van der Waals surface area contributed by atoms with Gasteiger partial charge in [-0.2, -0.15) is 0 Å². The van der Waals surface area contributed by atoms with E-state index in [0.29, 0.717) is 5.69 Å². The van der Waals surface area contributed by atoms with Gasteiger partial charge in [-0.25, -0.2) is 4.68 Å². The van der Waals surface area contributed by atoms with Crippen LogP contribution < -0.4 is 4.74 Å². The molecule has 1 aromatic heterocycles. The zero-order valence-electron chi connectivity index (χ0n) is 13.2. The van der Waals surface area contributed by atoms with Crippen molar-refractivity contribution < 1.29 is 19.4 Å². The number of benzene rings is 1. The predicted octanol–water partition coefficient (Wildman–Crippen LogP) is 1.13. The smallest absolute Gasteiger partial charge is 0.305 e. The quantitative estimate of drug-likeness (QED) is 0.857. The predicted molar refractivity (Wildman–Crippen MR) is 81.9 cm³/mol. The summed E-state index contributed by atoms with van der Waals surface area (Å²) < 4.78 is 6.66. The molecule has 0 atom stereocenters. The Hall–Kier alpha value is -2.90. The molecule has 0 radical (unpaired) electrons. The number of amides is 1. The van der Waals surface area contributed by atoms with E-state index in [-0.39, 0.29) is 24.6 Å². The number of ether oxygens (including phenoxy) is 1. The largest absolute Gasteiger partial charge is 0.497 e. The van der Waals surface area contributed by atoms with E-state index in [0.717, 1.165) is 11.4 Å². The Morgan fingerprint density at radius 3 is 2.52 bits per heavy atom. The van der Waals surface area contributed by atoms with Crippen LogP contribution in [-0.2, 0) is 4.79 Å². The monoisotopic (exact) mass is 318 g/mol. The topological polar surface area (TPSA) is 97.5 Å². The first-order valence-corrected chi connectivity index (χ1v) is 6.98. The Morgan fingerprint density at radius 1 is 1.30 bits per heavy atom. The number of carbonyl (C=O) groups excluding carboxylic acids is 1. The molecular formula is C15H18N4O4. The number of aliphatic carboxylic acids is 1. The molecule has 0 bridgehead atoms. The number of aromatic nitrogens is 3. The molecular weight excluding hydrogens is 300 g/mol. The number of hydrogen-bond donors (Lipinski definition) is 1. The maximum absolute atomic E-state index is 12.3. The zero-order valence-corrected chi connectivity index (χ0v) is 13.2. The van der Waals surface area contributed by atoms with Crippen molar-refractivity contribution in [2.75, 3.05) is 20.7 Å². The average molecular weight is 318 g/mol. The molecule has 0 unspecified atom stereocenters. The Kier molecular flexibility index (Phi) is 4.95. The van der Waals surface area contributed by atoms with Crippen molar-refractivity contribution in [3.8, 4) is 11.4 Å². The van der Waals surface area contributed by atoms with E-state index in [2.05, 4.69) is 10.3 Å². The van der Waals surface area contributed by atoms with E-state index in [4.69, 9.17) is 9.84 Å². The van der Waals surface area contributed by atoms with Gasteiger partial charge in [0.25, 0.3) is 5.91 Å². The number of hydrogen-bond acceptors (Lipinski definition) is 5. The Labute approximate surface area is 133 Å². The van der Waals surface area contributed by atoms with Gasteiger partial charge in [0.1, 0.15) is 5.75 Å². The highest BCUT2D eigenvalue weighted by Gasteiger charge is 2.21. The van der Waals surface area contributed by atoms with E-state index in [9.17, 15) is 9.59 Å². The van der Waals surface area contributed by atoms with E-state index in [1.54, 1.807) is 30.8 Å². The van der Waals surface area contributed by atoms with Gasteiger partial charge in [0, 0.05) is 13.6 Å². The summed E-state index contributed by atoms with van der Waals surface area (Å²) in [5, 5.41) is 16.6. The Morgan fingerprint density at radius 2 is 1.96 bits per heavy atom. The minimum absolute atomic E-state index is 0.114. The number of carboxylic acid groups (broad SMARTS) is 1. The van der Waals surface area contributed by atoms with Gasteiger partial charge < -0.3 is 14.7 Å². The van der Waals surface area contributed by atoms with Crippen molar-refractivity contribution >= 4 is 11.9 Å². The highest BCUT2D eigenvalue weighted by Crippen LogP contribution is 2.17. The first-order chi connectivity index (χ1) is 10.9. The molecule has 23 heavy (non-hydrogen) atoms. The summed E-state index contributed by atoms with van der Waals surface area (Å²) >= 11 is 0. The summed E-state index contributed by atoms with van der Waals surface area (Å²) in [5.41, 5.74) is 1.54. The fourth-order valence-corrected chi connectivity index (χ4v) is 2.04. The molecule has 0 aliphatic carbocycles. The van der Waals surface area contributed by atoms with E-state index in [1.165, 1.54) is 11.9 Å². The van der Waals surface area contributed by atoms with Crippen molar-refractivity contribution in [1.82, 2.24) is 19.9 Å². The molecule has 1 N–H and O–H groups in total. The van der Waals surface area contributed by atoms with E-state index >= 15 is 0 Å². The summed E-state index contributed by atoms with van der Waals surface area (Å²) in [6, 6.07) is 7.19. The molecule has 1 aromatic carbocycles. The van der Waals surface area contributed by atoms with Gasteiger partial charge in [-0.15, -0.1) is 5.10 Å². The average Bonchev–Trinajstić information content (AvgIpc) is 2.93. The fraction of sp³-hybridized carbons (Fsp3) is 0.333. The van der Waals surface area contributed by atoms with E-state index < -0.39 is 5.97 Å². The molecule has 1 amide bonds. The molecule has 8 heteroatoms. The third-order valence-corrected chi connectivity index (χ3v) is 3.42. The molecule has 0 spiro atoms. The lowest BCUT2D eigenvalue weighted by Crippen LogP contribution is -2.29. The van der Waals surface area contributed by atoms with Crippen LogP contribution in [0.4, 0.5) is 0 Å². The van der Waals surface area contributed by atoms with Crippen LogP contribution in [0.15, 0.2) is 24.3 Å². The molecule has 8 nitrogen and oxygen atoms in total. The minimum atomic E-state index is -0.955. The molecule has 0 aliphatic heterocycles. The van der Waals surface area contributed by atoms with Gasteiger partial charge in [0.2, 0.25) is 0 Å². The number of carboxylic acids is 1. The summed E-state index contributed by atoms with van der Waals surface area (Å²) in [7, 11) is 3.12. The van der Waals surface area contributed by atoms with Crippen LogP contribution in [0.1, 0.15) is 22.6 Å². The van der Waals surface area contributed by atoms with Crippen LogP contribution >= 0.6 is 0 Å². The first-order valence-electron chi connectivity index (χ1n) is 6.98. The van der Waals surface area contributed by atoms with Crippen LogP contribution in [-0.4, -0.2) is 57.6 Å². The number of nitrogens with zero attached hydrogens (tertiary/aromatic N) is 4. The molecule has 2 rings (SSSR count). The minimum Gasteiger partial charge on any atom is -0.497 e. The van der Waals surface area contributed by atoms with Crippen LogP contribution in [0.25, 0.3) is 5.69 Å². The summed E-state index contributed by atoms with van der Waals surface area (Å²) in [6.07, 6.45) is -0.117. The van der Waals surface area contributed by atoms with Gasteiger partial charge in [-0.3, -0.25) is 9.59 Å². The lowest BCUT2D eigenvalue weighted by atomic mass is 10.2. The highest BCUT2D eigenvalue weighted by atomic mass is 16.5. The van der Waals surface area contributed by atoms with Crippen molar-refractivity contribution in [1.29, 1.82) is 0 Å². The molecule has 0 aliphatic rings. The number of methoxy groups -OCH3 is 1. The molecule has 122 valence electrons. The summed E-state index contributed by atoms with van der Waals surface area (Å²) in [5.74, 6) is -0.594. The summed E-state index contributed by atoms with van der Waals surface area (Å²) in [4.78, 5) is 24.2. The van der Waals surface area contributed by atoms with Crippen LogP contribution in [0, 0.1) is 6.92 Å². The lowest BCUT2D eigenvalue weighted by Gasteiger charge is -2.14. The lowest BCUT2D eigenvalue weighted by molar-refractivity contribution is -0.137. The van der Waals surface area contributed by atoms with Gasteiger partial charge >= 0.3 is 5.97 Å². The summed E-state index contributed by atoms with van der Waals surface area (Å²) in [6.45, 7) is 1.85. The van der Waals surface area contributed by atoms with Gasteiger partial charge in [-0.05, 0) is 31.2 Å². The second kappa shape index (κ2) is 6.91. The van der Waals surface area contributed by atoms with Crippen molar-refractivity contribution in [2.24, 2.45) is 0 Å². The van der Waals surface area contributed by atoms with Gasteiger partial charge in [0.15, 0.2) is 5.69 Å². The third kappa shape index (κ3) is 3.65. The van der Waals surface area contributed by atoms with Crippen molar-refractivity contribution in [3.05, 3.63) is 35.7 Å². The second-order valence-corrected chi connectivity index (χ2v) is 5.00. The number of rotatable bonds is 6. The van der Waals surface area contributed by atoms with Gasteiger partial charge in [-0.1, -0.05) is 5.21 Å². The standard InChI is InChI=1S/C15H18N4O4/c1-10-14(15(22)18(2)9-8-13(20)21)16-17-19(10)11-4-6-12(23-3)7-5-11/h4-7H,8-9H2,1-3H3,(H,20,21). The SMILES string of the molecule is COc1ccc(-n2nnc(C(=O)N(C)CCC(=O)O)c2C)cc1. The highest BCUT2D eigenvalue weighted by molar-refractivity contribution is 5.93. The normalized spacial score (nSPS) is 10.4. The Bertz CT molecular complexity index is 709. The fourth-order valence-electron chi connectivity index (χ4n) is 2.04. The van der Waals surface area contributed by atoms with Crippen LogP contribution in [0.5, 0.6) is 5.75 Å².